The third-order valence-electron chi connectivity index (χ3n) is 7.90. The van der Waals surface area contributed by atoms with Gasteiger partial charge in [-0.3, -0.25) is 14.8 Å². The second kappa shape index (κ2) is 10.8. The molecule has 6 rings (SSSR count). The van der Waals surface area contributed by atoms with E-state index in [1.807, 2.05) is 12.1 Å². The van der Waals surface area contributed by atoms with Crippen LogP contribution in [0.4, 0.5) is 5.69 Å². The number of nitrogens with one attached hydrogen (secondary N) is 2. The molecule has 0 amide bonds. The van der Waals surface area contributed by atoms with E-state index in [9.17, 15) is 9.90 Å². The Balaban J connectivity index is 1.20. The van der Waals surface area contributed by atoms with E-state index in [2.05, 4.69) is 67.6 Å². The molecule has 192 valence electrons. The highest BCUT2D eigenvalue weighted by atomic mass is 32.1. The molecule has 1 unspecified atom stereocenters. The summed E-state index contributed by atoms with van der Waals surface area (Å²) in [5.41, 5.74) is 6.18. The molecule has 2 aliphatic rings. The minimum atomic E-state index is -0.152. The fraction of sp³-hybridized carbons (Fsp3) is 0.400. The number of aliphatic hydroxyl groups is 1. The number of thiophene rings is 1. The lowest BCUT2D eigenvalue weighted by molar-refractivity contribution is -0.123. The number of nitrogens with zero attached hydrogens (tertiary/aromatic N) is 2. The van der Waals surface area contributed by atoms with E-state index < -0.39 is 0 Å². The number of H-pyrrole nitrogens is 1. The Morgan fingerprint density at radius 2 is 1.86 bits per heavy atom. The summed E-state index contributed by atoms with van der Waals surface area (Å²) in [6.07, 6.45) is 6.33. The predicted octanol–water partition coefficient (Wildman–Crippen LogP) is 5.96. The van der Waals surface area contributed by atoms with Crippen LogP contribution < -0.4 is 5.32 Å². The quantitative estimate of drug-likeness (QED) is 0.270. The van der Waals surface area contributed by atoms with Gasteiger partial charge in [0.05, 0.1) is 23.4 Å². The molecule has 6 nitrogen and oxygen atoms in total. The number of aromatic nitrogens is 2. The second-order valence-electron chi connectivity index (χ2n) is 10.5. The predicted molar refractivity (Wildman–Crippen MR) is 150 cm³/mol. The van der Waals surface area contributed by atoms with E-state index in [0.29, 0.717) is 12.5 Å². The fourth-order valence-electron chi connectivity index (χ4n) is 5.90. The lowest BCUT2D eigenvalue weighted by Crippen LogP contribution is -2.32. The molecule has 1 saturated heterocycles. The summed E-state index contributed by atoms with van der Waals surface area (Å²) in [4.78, 5) is 15.9. The van der Waals surface area contributed by atoms with Crippen molar-refractivity contribution in [2.45, 2.75) is 63.1 Å². The maximum Gasteiger partial charge on any atom is 0.158 e. The van der Waals surface area contributed by atoms with Crippen molar-refractivity contribution in [3.63, 3.8) is 0 Å². The molecule has 0 radical (unpaired) electrons. The molecule has 1 aliphatic carbocycles. The number of Topliss-reactive ketones (excluding diaryl/α,β-unsaturated/α-hetero) is 1. The normalized spacial score (nSPS) is 21.3. The standard InChI is InChI=1S/C30H34N4O2S/c35-25-10-8-24(9-11-25)31-23-6-4-21(5-7-23)29-26-17-20(3-12-27(26)32-33-29)18-28(36)30(22-13-16-37-19-22)34-14-1-2-15-34/h3-7,12-13,16-17,19,24-25,30-31,35H,1-2,8-11,14-15,18H2,(H,32,33). The molecule has 2 aromatic carbocycles. The van der Waals surface area contributed by atoms with Gasteiger partial charge in [0.25, 0.3) is 0 Å². The highest BCUT2D eigenvalue weighted by Gasteiger charge is 2.30. The highest BCUT2D eigenvalue weighted by Crippen LogP contribution is 2.32. The van der Waals surface area contributed by atoms with E-state index in [4.69, 9.17) is 0 Å². The summed E-state index contributed by atoms with van der Waals surface area (Å²) in [7, 11) is 0. The Morgan fingerprint density at radius 3 is 2.59 bits per heavy atom. The van der Waals surface area contributed by atoms with Gasteiger partial charge < -0.3 is 10.4 Å². The van der Waals surface area contributed by atoms with Crippen LogP contribution in [0.5, 0.6) is 0 Å². The number of hydrogen-bond acceptors (Lipinski definition) is 6. The molecule has 1 saturated carbocycles. The zero-order chi connectivity index (χ0) is 25.2. The molecule has 37 heavy (non-hydrogen) atoms. The Morgan fingerprint density at radius 1 is 1.08 bits per heavy atom. The number of ketones is 1. The van der Waals surface area contributed by atoms with Gasteiger partial charge in [0, 0.05) is 29.1 Å². The van der Waals surface area contributed by atoms with Gasteiger partial charge in [0.2, 0.25) is 0 Å². The average molecular weight is 515 g/mol. The van der Waals surface area contributed by atoms with Gasteiger partial charge >= 0.3 is 0 Å². The summed E-state index contributed by atoms with van der Waals surface area (Å²) in [6.45, 7) is 1.98. The first-order chi connectivity index (χ1) is 18.1. The minimum Gasteiger partial charge on any atom is -0.393 e. The molecule has 0 spiro atoms. The number of aliphatic hydroxyl groups excluding tert-OH is 1. The molecule has 1 atom stereocenters. The van der Waals surface area contributed by atoms with Gasteiger partial charge in [-0.25, -0.2) is 0 Å². The SMILES string of the molecule is O=C(Cc1ccc2[nH]nc(-c3ccc(NC4CCC(O)CC4)cc3)c2c1)C(c1ccsc1)N1CCCC1. The van der Waals surface area contributed by atoms with Crippen molar-refractivity contribution in [3.8, 4) is 11.3 Å². The molecule has 2 fully saturated rings. The Labute approximate surface area is 221 Å². The van der Waals surface area contributed by atoms with Crippen LogP contribution in [0, 0.1) is 0 Å². The van der Waals surface area contributed by atoms with Crippen LogP contribution >= 0.6 is 11.3 Å². The van der Waals surface area contributed by atoms with Crippen LogP contribution in [0.1, 0.15) is 55.7 Å². The Kier molecular flexibility index (Phi) is 7.09. The van der Waals surface area contributed by atoms with Gasteiger partial charge in [-0.15, -0.1) is 0 Å². The number of aromatic amines is 1. The molecule has 4 aromatic rings. The lowest BCUT2D eigenvalue weighted by atomic mass is 9.93. The lowest BCUT2D eigenvalue weighted by Gasteiger charge is -2.27. The van der Waals surface area contributed by atoms with Crippen molar-refractivity contribution >= 4 is 33.7 Å². The molecular weight excluding hydrogens is 480 g/mol. The van der Waals surface area contributed by atoms with Crippen molar-refractivity contribution in [3.05, 3.63) is 70.4 Å². The third kappa shape index (κ3) is 5.35. The largest absolute Gasteiger partial charge is 0.393 e. The van der Waals surface area contributed by atoms with Crippen LogP contribution in [0.15, 0.2) is 59.3 Å². The van der Waals surface area contributed by atoms with E-state index in [-0.39, 0.29) is 17.9 Å². The maximum atomic E-state index is 13.6. The number of hydrogen-bond donors (Lipinski definition) is 3. The monoisotopic (exact) mass is 514 g/mol. The number of carbonyl (C=O) groups is 1. The molecule has 1 aliphatic heterocycles. The van der Waals surface area contributed by atoms with E-state index in [1.165, 1.54) is 0 Å². The van der Waals surface area contributed by atoms with Crippen LogP contribution in [0.2, 0.25) is 0 Å². The Bertz CT molecular complexity index is 1330. The van der Waals surface area contributed by atoms with Gasteiger partial charge in [-0.1, -0.05) is 18.2 Å². The number of carbonyl (C=O) groups excluding carboxylic acids is 1. The van der Waals surface area contributed by atoms with Gasteiger partial charge in [-0.2, -0.15) is 16.4 Å². The molecule has 2 aromatic heterocycles. The topological polar surface area (TPSA) is 81.2 Å². The van der Waals surface area contributed by atoms with Crippen LogP contribution in [-0.4, -0.2) is 51.2 Å². The Hall–Kier alpha value is -3.00. The maximum absolute atomic E-state index is 13.6. The van der Waals surface area contributed by atoms with E-state index >= 15 is 0 Å². The molecular formula is C30H34N4O2S. The van der Waals surface area contributed by atoms with Crippen molar-refractivity contribution in [2.75, 3.05) is 18.4 Å². The zero-order valence-corrected chi connectivity index (χ0v) is 21.8. The van der Waals surface area contributed by atoms with Crippen LogP contribution in [0.3, 0.4) is 0 Å². The summed E-state index contributed by atoms with van der Waals surface area (Å²) in [5, 5.41) is 26.4. The summed E-state index contributed by atoms with van der Waals surface area (Å²) in [6, 6.07) is 17.0. The summed E-state index contributed by atoms with van der Waals surface area (Å²) < 4.78 is 0. The summed E-state index contributed by atoms with van der Waals surface area (Å²) >= 11 is 1.66. The van der Waals surface area contributed by atoms with E-state index in [0.717, 1.165) is 90.6 Å². The van der Waals surface area contributed by atoms with E-state index in [1.54, 1.807) is 11.3 Å². The first-order valence-corrected chi connectivity index (χ1v) is 14.4. The van der Waals surface area contributed by atoms with Gasteiger partial charge in [0.15, 0.2) is 5.78 Å². The van der Waals surface area contributed by atoms with Gasteiger partial charge in [-0.05, 0) is 104 Å². The number of benzene rings is 2. The number of rotatable bonds is 8. The molecule has 0 bridgehead atoms. The van der Waals surface area contributed by atoms with Crippen molar-refractivity contribution in [1.29, 1.82) is 0 Å². The van der Waals surface area contributed by atoms with Crippen molar-refractivity contribution < 1.29 is 9.90 Å². The highest BCUT2D eigenvalue weighted by molar-refractivity contribution is 7.08. The molecule has 7 heteroatoms. The first-order valence-electron chi connectivity index (χ1n) is 13.4. The van der Waals surface area contributed by atoms with Crippen LogP contribution in [0.25, 0.3) is 22.2 Å². The minimum absolute atomic E-state index is 0.143. The summed E-state index contributed by atoms with van der Waals surface area (Å²) in [5.74, 6) is 0.260. The zero-order valence-electron chi connectivity index (χ0n) is 21.0. The van der Waals surface area contributed by atoms with Gasteiger partial charge in [0.1, 0.15) is 0 Å². The molecule has 3 N–H and O–H groups in total. The first kappa shape index (κ1) is 24.3. The second-order valence-corrected chi connectivity index (χ2v) is 11.3. The van der Waals surface area contributed by atoms with Crippen molar-refractivity contribution in [2.24, 2.45) is 0 Å². The number of anilines is 1. The smallest absolute Gasteiger partial charge is 0.158 e. The average Bonchev–Trinajstić information content (AvgIpc) is 3.69. The fourth-order valence-corrected chi connectivity index (χ4v) is 6.58. The van der Waals surface area contributed by atoms with Crippen molar-refractivity contribution in [1.82, 2.24) is 15.1 Å². The van der Waals surface area contributed by atoms with Crippen LogP contribution in [-0.2, 0) is 11.2 Å². The third-order valence-corrected chi connectivity index (χ3v) is 8.60. The number of fused-ring (bicyclic) bond motifs is 1. The number of likely N-dealkylation sites (tertiary alicyclic amines) is 1. The molecule has 3 heterocycles.